The first-order valence-corrected chi connectivity index (χ1v) is 10.8. The van der Waals surface area contributed by atoms with Crippen LogP contribution < -0.4 is 4.74 Å². The monoisotopic (exact) mass is 456 g/mol. The fourth-order valence-electron chi connectivity index (χ4n) is 3.70. The molecule has 0 spiro atoms. The van der Waals surface area contributed by atoms with Gasteiger partial charge < -0.3 is 29.9 Å². The van der Waals surface area contributed by atoms with Crippen molar-refractivity contribution in [1.29, 1.82) is 0 Å². The van der Waals surface area contributed by atoms with Crippen LogP contribution in [-0.4, -0.2) is 108 Å². The molecule has 10 nitrogen and oxygen atoms in total. The summed E-state index contributed by atoms with van der Waals surface area (Å²) in [5.41, 5.74) is 1.20. The summed E-state index contributed by atoms with van der Waals surface area (Å²) in [6.07, 6.45) is 1.42. The van der Waals surface area contributed by atoms with E-state index >= 15 is 0 Å². The highest BCUT2D eigenvalue weighted by Crippen LogP contribution is 2.21. The Morgan fingerprint density at radius 2 is 1.78 bits per heavy atom. The fraction of sp³-hybridized carbons (Fsp3) is 0.636. The molecule has 0 saturated carbocycles. The van der Waals surface area contributed by atoms with Gasteiger partial charge in [-0.15, -0.1) is 0 Å². The van der Waals surface area contributed by atoms with Crippen LogP contribution in [0.1, 0.15) is 18.4 Å². The number of aliphatic hydroxyl groups is 2. The minimum absolute atomic E-state index is 0.0207. The number of benzene rings is 1. The molecule has 0 aromatic heterocycles. The molecule has 0 radical (unpaired) electrons. The molecule has 0 aliphatic carbocycles. The second-order valence-corrected chi connectivity index (χ2v) is 7.55. The van der Waals surface area contributed by atoms with Crippen LogP contribution in [0.3, 0.4) is 0 Å². The lowest BCUT2D eigenvalue weighted by molar-refractivity contribution is -0.123. The largest absolute Gasteiger partial charge is 0.494 e. The number of hydrogen-bond donors (Lipinski definition) is 4. The summed E-state index contributed by atoms with van der Waals surface area (Å²) in [7, 11) is 0. The molecule has 182 valence electrons. The van der Waals surface area contributed by atoms with Crippen molar-refractivity contribution in [3.8, 4) is 5.75 Å². The highest BCUT2D eigenvalue weighted by Gasteiger charge is 2.26. The number of rotatable bonds is 8. The third-order valence-corrected chi connectivity index (χ3v) is 5.34. The number of piperidine rings is 1. The number of ether oxygens (including phenoxy) is 2. The van der Waals surface area contributed by atoms with Gasteiger partial charge in [0.1, 0.15) is 5.75 Å². The van der Waals surface area contributed by atoms with Gasteiger partial charge in [-0.25, -0.2) is 0 Å². The van der Waals surface area contributed by atoms with E-state index in [-0.39, 0.29) is 25.5 Å². The van der Waals surface area contributed by atoms with Crippen molar-refractivity contribution in [3.05, 3.63) is 29.8 Å². The van der Waals surface area contributed by atoms with E-state index in [4.69, 9.17) is 29.3 Å². The lowest BCUT2D eigenvalue weighted by atomic mass is 9.94. The van der Waals surface area contributed by atoms with Crippen molar-refractivity contribution in [1.82, 2.24) is 9.80 Å². The summed E-state index contributed by atoms with van der Waals surface area (Å²) in [6.45, 7) is 7.41. The average molecular weight is 457 g/mol. The van der Waals surface area contributed by atoms with Gasteiger partial charge in [0.25, 0.3) is 12.9 Å². The maximum absolute atomic E-state index is 10.1. The van der Waals surface area contributed by atoms with E-state index in [0.29, 0.717) is 6.54 Å². The number of morpholine rings is 1. The molecule has 0 unspecified atom stereocenters. The minimum atomic E-state index is -0.437. The first kappa shape index (κ1) is 27.8. The zero-order chi connectivity index (χ0) is 23.6. The molecule has 2 heterocycles. The van der Waals surface area contributed by atoms with Crippen LogP contribution in [0.2, 0.25) is 0 Å². The summed E-state index contributed by atoms with van der Waals surface area (Å²) in [4.78, 5) is 21.4. The topological polar surface area (TPSA) is 140 Å². The van der Waals surface area contributed by atoms with E-state index in [9.17, 15) is 10.2 Å². The zero-order valence-electron chi connectivity index (χ0n) is 18.4. The van der Waals surface area contributed by atoms with Crippen molar-refractivity contribution < 1.29 is 39.5 Å². The second-order valence-electron chi connectivity index (χ2n) is 7.55. The first-order chi connectivity index (χ1) is 15.6. The molecule has 1 aromatic rings. The molecule has 32 heavy (non-hydrogen) atoms. The molecule has 1 aromatic carbocycles. The molecule has 0 amide bonds. The van der Waals surface area contributed by atoms with Crippen molar-refractivity contribution >= 4 is 12.9 Å². The van der Waals surface area contributed by atoms with Gasteiger partial charge in [-0.2, -0.15) is 0 Å². The van der Waals surface area contributed by atoms with E-state index < -0.39 is 6.10 Å². The Labute approximate surface area is 189 Å². The molecule has 2 atom stereocenters. The number of β-amino-alcohol motifs (C(OH)–C–C–N with tert-alkyl or cyclic N) is 1. The average Bonchev–Trinajstić information content (AvgIpc) is 2.79. The molecule has 2 aliphatic heterocycles. The molecule has 0 bridgehead atoms. The highest BCUT2D eigenvalue weighted by molar-refractivity contribution is 5.33. The van der Waals surface area contributed by atoms with E-state index in [1.54, 1.807) is 0 Å². The highest BCUT2D eigenvalue weighted by atomic mass is 16.5. The zero-order valence-corrected chi connectivity index (χ0v) is 18.4. The molecule has 4 N–H and O–H groups in total. The molecule has 2 saturated heterocycles. The van der Waals surface area contributed by atoms with Crippen LogP contribution in [0, 0.1) is 5.92 Å². The van der Waals surface area contributed by atoms with Gasteiger partial charge in [-0.3, -0.25) is 19.4 Å². The van der Waals surface area contributed by atoms with Gasteiger partial charge in [0.15, 0.2) is 0 Å². The molecular weight excluding hydrogens is 420 g/mol. The molecule has 2 aliphatic rings. The Morgan fingerprint density at radius 3 is 2.41 bits per heavy atom. The van der Waals surface area contributed by atoms with Crippen LogP contribution in [-0.2, 0) is 20.9 Å². The van der Waals surface area contributed by atoms with Gasteiger partial charge in [0, 0.05) is 45.2 Å². The van der Waals surface area contributed by atoms with Gasteiger partial charge in [0.2, 0.25) is 0 Å². The Bertz CT molecular complexity index is 622. The number of carbonyl (C=O) groups is 2. The van der Waals surface area contributed by atoms with Gasteiger partial charge in [-0.05, 0) is 37.1 Å². The van der Waals surface area contributed by atoms with Crippen LogP contribution >= 0.6 is 0 Å². The number of hydrogen-bond acceptors (Lipinski definition) is 8. The Morgan fingerprint density at radius 1 is 1.09 bits per heavy atom. The van der Waals surface area contributed by atoms with Crippen molar-refractivity contribution in [3.63, 3.8) is 0 Å². The number of nitrogens with zero attached hydrogens (tertiary/aromatic N) is 2. The van der Waals surface area contributed by atoms with Crippen molar-refractivity contribution in [2.24, 2.45) is 5.92 Å². The first-order valence-electron chi connectivity index (χ1n) is 10.8. The lowest BCUT2D eigenvalue weighted by Gasteiger charge is -2.35. The summed E-state index contributed by atoms with van der Waals surface area (Å²) < 4.78 is 11.3. The van der Waals surface area contributed by atoms with E-state index in [0.717, 1.165) is 71.1 Å². The molecule has 2 fully saturated rings. The lowest BCUT2D eigenvalue weighted by Crippen LogP contribution is -2.44. The predicted octanol–water partition coefficient (Wildman–Crippen LogP) is 0.364. The normalized spacial score (nSPS) is 21.3. The number of carboxylic acid groups (broad SMARTS) is 2. The second kappa shape index (κ2) is 17.3. The maximum Gasteiger partial charge on any atom is 0.290 e. The van der Waals surface area contributed by atoms with Crippen LogP contribution in [0.15, 0.2) is 24.3 Å². The predicted molar refractivity (Wildman–Crippen MR) is 118 cm³/mol. The Kier molecular flexibility index (Phi) is 15.1. The van der Waals surface area contributed by atoms with Crippen LogP contribution in [0.25, 0.3) is 0 Å². The van der Waals surface area contributed by atoms with Gasteiger partial charge >= 0.3 is 0 Å². The van der Waals surface area contributed by atoms with Gasteiger partial charge in [0.05, 0.1) is 25.9 Å². The third-order valence-electron chi connectivity index (χ3n) is 5.34. The summed E-state index contributed by atoms with van der Waals surface area (Å²) in [6, 6.07) is 8.24. The molecular formula is C22H36N2O8. The van der Waals surface area contributed by atoms with Crippen molar-refractivity contribution in [2.45, 2.75) is 25.5 Å². The summed E-state index contributed by atoms with van der Waals surface area (Å²) in [5.74, 6) is 0.933. The molecule has 10 heteroatoms. The Balaban J connectivity index is 0.000000769. The minimum Gasteiger partial charge on any atom is -0.494 e. The van der Waals surface area contributed by atoms with E-state index in [1.807, 2.05) is 12.1 Å². The van der Waals surface area contributed by atoms with E-state index in [2.05, 4.69) is 21.9 Å². The quantitative estimate of drug-likeness (QED) is 0.320. The maximum atomic E-state index is 10.1. The standard InChI is InChI=1S/C20H32N2O4.2CH2O2/c23-16-18-5-7-22(15-20(18)24)14-17-3-1-4-19(13-17)26-10-2-6-21-8-11-25-12-9-21;2*2-1-3/h1,3-4,13,18,20,23-24H,2,5-12,14-16H2;2*1H,(H,2,3)/t18-,20-;;/m1../s1. The summed E-state index contributed by atoms with van der Waals surface area (Å²) in [5, 5.41) is 33.1. The van der Waals surface area contributed by atoms with Crippen LogP contribution in [0.4, 0.5) is 0 Å². The van der Waals surface area contributed by atoms with E-state index in [1.165, 1.54) is 5.56 Å². The fourth-order valence-corrected chi connectivity index (χ4v) is 3.70. The smallest absolute Gasteiger partial charge is 0.290 e. The van der Waals surface area contributed by atoms with Crippen molar-refractivity contribution in [2.75, 3.05) is 59.2 Å². The summed E-state index contributed by atoms with van der Waals surface area (Å²) >= 11 is 0. The van der Waals surface area contributed by atoms with Gasteiger partial charge in [-0.1, -0.05) is 12.1 Å². The number of aliphatic hydroxyl groups excluding tert-OH is 2. The third kappa shape index (κ3) is 11.4. The number of likely N-dealkylation sites (tertiary alicyclic amines) is 1. The molecule has 3 rings (SSSR count). The SMILES string of the molecule is O=CO.O=CO.OC[C@H]1CCN(Cc2cccc(OCCCN3CCOCC3)c2)C[C@H]1O. The van der Waals surface area contributed by atoms with Crippen LogP contribution in [0.5, 0.6) is 5.75 Å². The Hall–Kier alpha value is -2.24.